The molecule has 2 aliphatic carbocycles. The zero-order valence-electron chi connectivity index (χ0n) is 65.7. The molecule has 0 spiro atoms. The third-order valence-electron chi connectivity index (χ3n) is 22.2. The molecule has 560 valence electrons. The summed E-state index contributed by atoms with van der Waals surface area (Å²) in [4.78, 5) is 4.98. The van der Waals surface area contributed by atoms with Crippen molar-refractivity contribution in [2.24, 2.45) is 17.8 Å². The highest BCUT2D eigenvalue weighted by molar-refractivity contribution is 5.06. The van der Waals surface area contributed by atoms with Crippen molar-refractivity contribution in [1.29, 1.82) is 0 Å². The molecule has 2 aliphatic heterocycles. The van der Waals surface area contributed by atoms with Gasteiger partial charge in [-0.1, -0.05) is 279 Å². The molecule has 4 fully saturated rings. The molecule has 0 bridgehead atoms. The van der Waals surface area contributed by atoms with Crippen molar-refractivity contribution in [2.45, 2.75) is 429 Å². The molecule has 2 saturated heterocycles. The molecule has 0 aromatic heterocycles. The fourth-order valence-electron chi connectivity index (χ4n) is 16.4. The van der Waals surface area contributed by atoms with E-state index in [2.05, 4.69) is 163 Å². The van der Waals surface area contributed by atoms with Gasteiger partial charge in [-0.25, -0.2) is 0 Å². The molecule has 2 heterocycles. The van der Waals surface area contributed by atoms with Gasteiger partial charge in [-0.15, -0.1) is 0 Å². The number of allylic oxidation sites excluding steroid dienone is 16. The minimum Gasteiger partial charge on any atom is -0.344 e. The summed E-state index contributed by atoms with van der Waals surface area (Å²) in [6, 6.07) is 0.464. The Bertz CT molecular complexity index is 1950. The first-order chi connectivity index (χ1) is 47.7. The SMILES string of the molecule is CCCCCC=CCC=CCCCCCCCCC1(CCCCCCCCC=CCC=CCCCCC)OC2CC(CN(C)C)CC(C3CC(N(C)C)CC4OC(CCCCCCCCC=CCC=CCCCCC)(CCCCCCCCC=CCC=CCCCCC)OC43)C2O1. The van der Waals surface area contributed by atoms with Gasteiger partial charge in [-0.05, 0) is 226 Å². The molecule has 8 atom stereocenters. The van der Waals surface area contributed by atoms with E-state index in [1.165, 1.54) is 289 Å². The van der Waals surface area contributed by atoms with Crippen molar-refractivity contribution in [3.05, 3.63) is 97.2 Å². The fourth-order valence-corrected chi connectivity index (χ4v) is 16.4. The van der Waals surface area contributed by atoms with Crippen LogP contribution in [0.3, 0.4) is 0 Å². The molecule has 2 saturated carbocycles. The Morgan fingerprint density at radius 1 is 0.278 bits per heavy atom. The largest absolute Gasteiger partial charge is 0.344 e. The van der Waals surface area contributed by atoms with Gasteiger partial charge in [0.05, 0.1) is 24.4 Å². The number of nitrogens with zero attached hydrogens (tertiary/aromatic N) is 2. The molecular formula is C91H162N2O4. The first kappa shape index (κ1) is 87.1. The highest BCUT2D eigenvalue weighted by Crippen LogP contribution is 2.54. The molecular weight excluding hydrogens is 1190 g/mol. The second-order valence-corrected chi connectivity index (χ2v) is 31.7. The van der Waals surface area contributed by atoms with E-state index in [1.54, 1.807) is 0 Å². The van der Waals surface area contributed by atoms with Gasteiger partial charge >= 0.3 is 0 Å². The summed E-state index contributed by atoms with van der Waals surface area (Å²) in [7, 11) is 9.24. The maximum atomic E-state index is 7.86. The van der Waals surface area contributed by atoms with Gasteiger partial charge in [0.15, 0.2) is 11.6 Å². The number of fused-ring (bicyclic) bond motifs is 2. The second kappa shape index (κ2) is 59.1. The van der Waals surface area contributed by atoms with Crippen LogP contribution in [0.4, 0.5) is 0 Å². The number of unbranched alkanes of at least 4 members (excludes halogenated alkanes) is 36. The second-order valence-electron chi connectivity index (χ2n) is 31.7. The normalized spacial score (nSPS) is 24.8. The molecule has 0 amide bonds. The lowest BCUT2D eigenvalue weighted by Crippen LogP contribution is -2.53. The van der Waals surface area contributed by atoms with E-state index in [1.807, 2.05) is 0 Å². The van der Waals surface area contributed by atoms with Crippen LogP contribution in [-0.2, 0) is 18.9 Å². The lowest BCUT2D eigenvalue weighted by atomic mass is 9.65. The van der Waals surface area contributed by atoms with Gasteiger partial charge in [-0.3, -0.25) is 0 Å². The highest BCUT2D eigenvalue weighted by atomic mass is 16.8. The third-order valence-corrected chi connectivity index (χ3v) is 22.2. The van der Waals surface area contributed by atoms with E-state index in [4.69, 9.17) is 18.9 Å². The summed E-state index contributed by atoms with van der Waals surface area (Å²) in [5, 5.41) is 0. The van der Waals surface area contributed by atoms with Crippen LogP contribution in [0.5, 0.6) is 0 Å². The summed E-state index contributed by atoms with van der Waals surface area (Å²) in [5.41, 5.74) is 0. The topological polar surface area (TPSA) is 43.4 Å². The Kier molecular flexibility index (Phi) is 53.1. The maximum Gasteiger partial charge on any atom is 0.169 e. The lowest BCUT2D eigenvalue weighted by Gasteiger charge is -2.47. The van der Waals surface area contributed by atoms with Gasteiger partial charge < -0.3 is 28.7 Å². The molecule has 0 radical (unpaired) electrons. The Balaban J connectivity index is 1.44. The predicted molar refractivity (Wildman–Crippen MR) is 426 cm³/mol. The van der Waals surface area contributed by atoms with Crippen LogP contribution in [0, 0.1) is 17.8 Å². The van der Waals surface area contributed by atoms with Crippen LogP contribution in [0.1, 0.15) is 387 Å². The van der Waals surface area contributed by atoms with Crippen molar-refractivity contribution in [2.75, 3.05) is 34.7 Å². The number of hydrogen-bond acceptors (Lipinski definition) is 6. The minimum absolute atomic E-state index is 0.105. The molecule has 97 heavy (non-hydrogen) atoms. The van der Waals surface area contributed by atoms with Crippen LogP contribution in [0.25, 0.3) is 0 Å². The van der Waals surface area contributed by atoms with Crippen LogP contribution in [0.2, 0.25) is 0 Å². The van der Waals surface area contributed by atoms with Crippen molar-refractivity contribution in [1.82, 2.24) is 9.80 Å². The molecule has 0 aromatic carbocycles. The Morgan fingerprint density at radius 3 is 0.814 bits per heavy atom. The summed E-state index contributed by atoms with van der Waals surface area (Å²) in [5.74, 6) is 0.359. The van der Waals surface area contributed by atoms with E-state index in [0.717, 1.165) is 77.2 Å². The summed E-state index contributed by atoms with van der Waals surface area (Å²) >= 11 is 0. The van der Waals surface area contributed by atoms with E-state index >= 15 is 0 Å². The first-order valence-corrected chi connectivity index (χ1v) is 42.9. The number of hydrogen-bond donors (Lipinski definition) is 0. The van der Waals surface area contributed by atoms with E-state index in [0.29, 0.717) is 23.8 Å². The number of rotatable bonds is 64. The minimum atomic E-state index is -0.490. The molecule has 4 aliphatic rings. The van der Waals surface area contributed by atoms with Crippen molar-refractivity contribution in [3.63, 3.8) is 0 Å². The van der Waals surface area contributed by atoms with Gasteiger partial charge in [0.1, 0.15) is 0 Å². The summed E-state index contributed by atoms with van der Waals surface area (Å²) in [6.07, 6.45) is 108. The van der Waals surface area contributed by atoms with Gasteiger partial charge in [0, 0.05) is 38.3 Å². The van der Waals surface area contributed by atoms with Crippen molar-refractivity contribution < 1.29 is 18.9 Å². The molecule has 0 N–H and O–H groups in total. The molecule has 4 rings (SSSR count). The zero-order valence-corrected chi connectivity index (χ0v) is 65.7. The lowest BCUT2D eigenvalue weighted by molar-refractivity contribution is -0.199. The van der Waals surface area contributed by atoms with Crippen molar-refractivity contribution >= 4 is 0 Å². The molecule has 6 heteroatoms. The third kappa shape index (κ3) is 41.5. The Hall–Kier alpha value is -2.32. The van der Waals surface area contributed by atoms with Gasteiger partial charge in [0.25, 0.3) is 0 Å². The quantitative estimate of drug-likeness (QED) is 0.0447. The molecule has 8 unspecified atom stereocenters. The van der Waals surface area contributed by atoms with Crippen LogP contribution in [-0.4, -0.2) is 86.6 Å². The van der Waals surface area contributed by atoms with Gasteiger partial charge in [-0.2, -0.15) is 0 Å². The molecule has 6 nitrogen and oxygen atoms in total. The average molecular weight is 1350 g/mol. The van der Waals surface area contributed by atoms with E-state index in [-0.39, 0.29) is 24.4 Å². The van der Waals surface area contributed by atoms with E-state index in [9.17, 15) is 0 Å². The standard InChI is InChI=1S/C91H162N2O4/c1-9-13-17-21-25-29-33-37-41-45-49-53-57-61-65-69-73-90(74-70-66-62-58-54-50-46-42-38-34-30-26-22-18-14-10-2)94-86-78-82(81-92(5)6)77-84(88(86)96-90)85-79-83(93(7)8)80-87-89(85)97-91(95-87,75-71-67-63-59-55-51-47-43-39-35-31-27-23-19-15-11-3)76-72-68-64-60-56-52-48-44-40-36-32-28-24-20-16-12-4/h25-32,37-44,82-89H,9-24,33-36,45-81H2,1-8H3. The summed E-state index contributed by atoms with van der Waals surface area (Å²) in [6.45, 7) is 10.3. The Morgan fingerprint density at radius 2 is 0.536 bits per heavy atom. The average Bonchev–Trinajstić information content (AvgIpc) is 1.61. The van der Waals surface area contributed by atoms with E-state index < -0.39 is 11.6 Å². The highest BCUT2D eigenvalue weighted by Gasteiger charge is 2.60. The monoisotopic (exact) mass is 1350 g/mol. The van der Waals surface area contributed by atoms with Crippen LogP contribution in [0.15, 0.2) is 97.2 Å². The van der Waals surface area contributed by atoms with Crippen molar-refractivity contribution in [3.8, 4) is 0 Å². The Labute approximate surface area is 604 Å². The van der Waals surface area contributed by atoms with Gasteiger partial charge in [0.2, 0.25) is 0 Å². The fraction of sp³-hybridized carbons (Fsp3) is 0.824. The summed E-state index contributed by atoms with van der Waals surface area (Å²) < 4.78 is 31.1. The van der Waals surface area contributed by atoms with Crippen LogP contribution < -0.4 is 0 Å². The zero-order chi connectivity index (χ0) is 69.2. The maximum absolute atomic E-state index is 7.86. The number of ether oxygens (including phenoxy) is 4. The predicted octanol–water partition coefficient (Wildman–Crippen LogP) is 27.7. The molecule has 0 aromatic rings. The first-order valence-electron chi connectivity index (χ1n) is 42.9. The van der Waals surface area contributed by atoms with Crippen LogP contribution >= 0.6 is 0 Å². The smallest absolute Gasteiger partial charge is 0.169 e.